The van der Waals surface area contributed by atoms with E-state index < -0.39 is 0 Å². The van der Waals surface area contributed by atoms with Crippen LogP contribution in [0.15, 0.2) is 18.3 Å². The predicted molar refractivity (Wildman–Crippen MR) is 43.7 cm³/mol. The number of nitrogens with zero attached hydrogens (tertiary/aromatic N) is 1. The Labute approximate surface area is 70.6 Å². The van der Waals surface area contributed by atoms with Crippen molar-refractivity contribution in [1.29, 1.82) is 0 Å². The fourth-order valence-electron chi connectivity index (χ4n) is 0.782. The van der Waals surface area contributed by atoms with Crippen molar-refractivity contribution in [3.63, 3.8) is 0 Å². The summed E-state index contributed by atoms with van der Waals surface area (Å²) in [5.41, 5.74) is 0.808. The second-order valence-electron chi connectivity index (χ2n) is 2.19. The van der Waals surface area contributed by atoms with Crippen LogP contribution in [-0.2, 0) is 11.3 Å². The molecule has 0 aliphatic rings. The van der Waals surface area contributed by atoms with E-state index in [1.165, 1.54) is 0 Å². The molecule has 0 saturated carbocycles. The zero-order valence-electron chi connectivity index (χ0n) is 6.78. The van der Waals surface area contributed by atoms with Crippen molar-refractivity contribution in [2.75, 3.05) is 7.11 Å². The van der Waals surface area contributed by atoms with E-state index in [-0.39, 0.29) is 0 Å². The fourth-order valence-corrected chi connectivity index (χ4v) is 0.782. The maximum Gasteiger partial charge on any atom is 0.207 e. The third-order valence-corrected chi connectivity index (χ3v) is 1.40. The summed E-state index contributed by atoms with van der Waals surface area (Å²) in [5.74, 6) is 0.713. The molecule has 1 N–H and O–H groups in total. The van der Waals surface area contributed by atoms with Crippen LogP contribution in [0.25, 0.3) is 0 Å². The highest BCUT2D eigenvalue weighted by molar-refractivity contribution is 5.45. The summed E-state index contributed by atoms with van der Waals surface area (Å²) in [6.45, 7) is 0.452. The van der Waals surface area contributed by atoms with Gasteiger partial charge in [0.05, 0.1) is 25.5 Å². The molecule has 1 aromatic rings. The Morgan fingerprint density at radius 3 is 3.00 bits per heavy atom. The molecule has 0 aromatic carbocycles. The number of hydrogen-bond donors (Lipinski definition) is 1. The number of amides is 1. The van der Waals surface area contributed by atoms with Gasteiger partial charge in [0, 0.05) is 0 Å². The molecule has 1 aromatic heterocycles. The van der Waals surface area contributed by atoms with Gasteiger partial charge in [-0.3, -0.25) is 9.78 Å². The van der Waals surface area contributed by atoms with Crippen LogP contribution in [0.2, 0.25) is 0 Å². The molecule has 0 aliphatic carbocycles. The Morgan fingerprint density at radius 1 is 1.67 bits per heavy atom. The van der Waals surface area contributed by atoms with E-state index in [0.717, 1.165) is 5.69 Å². The van der Waals surface area contributed by atoms with Crippen LogP contribution in [0.1, 0.15) is 5.69 Å². The zero-order valence-corrected chi connectivity index (χ0v) is 6.78. The van der Waals surface area contributed by atoms with E-state index in [2.05, 4.69) is 10.3 Å². The van der Waals surface area contributed by atoms with Gasteiger partial charge in [0.1, 0.15) is 5.75 Å². The first-order valence-corrected chi connectivity index (χ1v) is 3.53. The fraction of sp³-hybridized carbons (Fsp3) is 0.250. The molecule has 0 aliphatic heterocycles. The molecule has 4 nitrogen and oxygen atoms in total. The van der Waals surface area contributed by atoms with Crippen molar-refractivity contribution in [2.45, 2.75) is 6.54 Å². The first kappa shape index (κ1) is 8.52. The summed E-state index contributed by atoms with van der Waals surface area (Å²) in [7, 11) is 1.58. The number of nitrogens with one attached hydrogen (secondary N) is 1. The lowest BCUT2D eigenvalue weighted by atomic mass is 10.3. The van der Waals surface area contributed by atoms with Crippen LogP contribution in [0.3, 0.4) is 0 Å². The van der Waals surface area contributed by atoms with Gasteiger partial charge in [0.15, 0.2) is 0 Å². The number of carbonyl (C=O) groups excluding carboxylic acids is 1. The molecule has 1 amide bonds. The van der Waals surface area contributed by atoms with Crippen LogP contribution in [0.5, 0.6) is 5.75 Å². The van der Waals surface area contributed by atoms with Crippen LogP contribution >= 0.6 is 0 Å². The molecule has 1 heterocycles. The minimum Gasteiger partial charge on any atom is -0.495 e. The lowest BCUT2D eigenvalue weighted by molar-refractivity contribution is -0.109. The van der Waals surface area contributed by atoms with Crippen LogP contribution in [-0.4, -0.2) is 18.5 Å². The van der Waals surface area contributed by atoms with Gasteiger partial charge < -0.3 is 10.1 Å². The first-order valence-electron chi connectivity index (χ1n) is 3.53. The summed E-state index contributed by atoms with van der Waals surface area (Å²) in [5, 5.41) is 2.52. The third kappa shape index (κ3) is 2.23. The van der Waals surface area contributed by atoms with Crippen molar-refractivity contribution < 1.29 is 9.53 Å². The number of carbonyl (C=O) groups is 1. The molecule has 0 bridgehead atoms. The van der Waals surface area contributed by atoms with Crippen LogP contribution in [0, 0.1) is 0 Å². The van der Waals surface area contributed by atoms with Crippen LogP contribution < -0.4 is 10.1 Å². The minimum atomic E-state index is 0.452. The maximum absolute atomic E-state index is 9.94. The van der Waals surface area contributed by atoms with Crippen molar-refractivity contribution in [3.05, 3.63) is 24.0 Å². The summed E-state index contributed by atoms with van der Waals surface area (Å²) in [6, 6.07) is 3.60. The average molecular weight is 166 g/mol. The lowest BCUT2D eigenvalue weighted by Gasteiger charge is -2.00. The quantitative estimate of drug-likeness (QED) is 0.656. The van der Waals surface area contributed by atoms with Crippen LogP contribution in [0.4, 0.5) is 0 Å². The molecule has 0 fully saturated rings. The normalized spacial score (nSPS) is 9.08. The molecule has 0 saturated heterocycles. The van der Waals surface area contributed by atoms with Gasteiger partial charge in [-0.1, -0.05) is 0 Å². The van der Waals surface area contributed by atoms with E-state index >= 15 is 0 Å². The van der Waals surface area contributed by atoms with E-state index in [1.54, 1.807) is 25.4 Å². The smallest absolute Gasteiger partial charge is 0.207 e. The Balaban J connectivity index is 2.58. The zero-order chi connectivity index (χ0) is 8.81. The Morgan fingerprint density at radius 2 is 2.50 bits per heavy atom. The highest BCUT2D eigenvalue weighted by atomic mass is 16.5. The number of pyridine rings is 1. The summed E-state index contributed by atoms with van der Waals surface area (Å²) in [6.07, 6.45) is 2.26. The van der Waals surface area contributed by atoms with E-state index in [4.69, 9.17) is 4.74 Å². The Hall–Kier alpha value is -1.58. The first-order chi connectivity index (χ1) is 5.86. The minimum absolute atomic E-state index is 0.452. The second-order valence-corrected chi connectivity index (χ2v) is 2.19. The molecular formula is C8H10N2O2. The lowest BCUT2D eigenvalue weighted by Crippen LogP contribution is -2.10. The van der Waals surface area contributed by atoms with Crippen molar-refractivity contribution in [2.24, 2.45) is 0 Å². The number of methoxy groups -OCH3 is 1. The van der Waals surface area contributed by atoms with Gasteiger partial charge in [-0.05, 0) is 12.1 Å². The summed E-state index contributed by atoms with van der Waals surface area (Å²) >= 11 is 0. The summed E-state index contributed by atoms with van der Waals surface area (Å²) < 4.78 is 4.92. The molecular weight excluding hydrogens is 156 g/mol. The molecule has 0 radical (unpaired) electrons. The maximum atomic E-state index is 9.94. The second kappa shape index (κ2) is 4.33. The number of aromatic nitrogens is 1. The van der Waals surface area contributed by atoms with Gasteiger partial charge in [-0.15, -0.1) is 0 Å². The average Bonchev–Trinajstić information content (AvgIpc) is 2.15. The summed E-state index contributed by atoms with van der Waals surface area (Å²) in [4.78, 5) is 14.0. The molecule has 0 unspecified atom stereocenters. The highest BCUT2D eigenvalue weighted by Crippen LogP contribution is 2.07. The number of hydrogen-bond acceptors (Lipinski definition) is 3. The molecule has 1 rings (SSSR count). The molecule has 4 heteroatoms. The van der Waals surface area contributed by atoms with E-state index in [1.807, 2.05) is 0 Å². The molecule has 12 heavy (non-hydrogen) atoms. The van der Waals surface area contributed by atoms with Gasteiger partial charge in [-0.2, -0.15) is 0 Å². The Bertz CT molecular complexity index is 246. The van der Waals surface area contributed by atoms with Crippen molar-refractivity contribution in [3.8, 4) is 5.75 Å². The number of ether oxygens (including phenoxy) is 1. The molecule has 0 spiro atoms. The van der Waals surface area contributed by atoms with E-state index in [0.29, 0.717) is 18.7 Å². The Kier molecular flexibility index (Phi) is 3.07. The monoisotopic (exact) mass is 166 g/mol. The standard InChI is InChI=1S/C8H10N2O2/c1-12-8-3-2-7(10-5-8)4-9-6-11/h2-3,5-6H,4H2,1H3,(H,9,11). The van der Waals surface area contributed by atoms with Gasteiger partial charge in [0.25, 0.3) is 0 Å². The van der Waals surface area contributed by atoms with Gasteiger partial charge >= 0.3 is 0 Å². The third-order valence-electron chi connectivity index (χ3n) is 1.40. The largest absolute Gasteiger partial charge is 0.495 e. The molecule has 64 valence electrons. The predicted octanol–water partition coefficient (Wildman–Crippen LogP) is 0.336. The van der Waals surface area contributed by atoms with E-state index in [9.17, 15) is 4.79 Å². The number of rotatable bonds is 4. The molecule has 0 atom stereocenters. The topological polar surface area (TPSA) is 51.2 Å². The SMILES string of the molecule is COc1ccc(CNC=O)nc1. The van der Waals surface area contributed by atoms with Crippen molar-refractivity contribution >= 4 is 6.41 Å². The van der Waals surface area contributed by atoms with Gasteiger partial charge in [-0.25, -0.2) is 0 Å². The van der Waals surface area contributed by atoms with Crippen molar-refractivity contribution in [1.82, 2.24) is 10.3 Å². The van der Waals surface area contributed by atoms with Gasteiger partial charge in [0.2, 0.25) is 6.41 Å². The highest BCUT2D eigenvalue weighted by Gasteiger charge is 1.93.